The van der Waals surface area contributed by atoms with Gasteiger partial charge in [0.25, 0.3) is 5.56 Å². The first-order valence-corrected chi connectivity index (χ1v) is 16.5. The molecular weight excluding hydrogens is 568 g/mol. The maximum Gasteiger partial charge on any atom is 0.309 e. The van der Waals surface area contributed by atoms with Gasteiger partial charge in [0.15, 0.2) is 5.82 Å². The molecule has 2 atom stereocenters. The minimum atomic E-state index is -3.68. The van der Waals surface area contributed by atoms with Crippen molar-refractivity contribution in [3.63, 3.8) is 0 Å². The van der Waals surface area contributed by atoms with Gasteiger partial charge in [-0.2, -0.15) is 14.7 Å². The molecule has 6 rings (SSSR count). The van der Waals surface area contributed by atoms with E-state index in [-0.39, 0.29) is 46.9 Å². The molecule has 228 valence electrons. The summed E-state index contributed by atoms with van der Waals surface area (Å²) in [5, 5.41) is 18.2. The highest BCUT2D eigenvalue weighted by Gasteiger charge is 2.42. The molecule has 43 heavy (non-hydrogen) atoms. The lowest BCUT2D eigenvalue weighted by Crippen LogP contribution is -2.40. The molecule has 0 unspecified atom stereocenters. The molecule has 0 amide bonds. The number of hydrogen-bond acceptors (Lipinski definition) is 8. The molecule has 1 aliphatic heterocycles. The van der Waals surface area contributed by atoms with Gasteiger partial charge in [0.05, 0.1) is 34.4 Å². The van der Waals surface area contributed by atoms with Gasteiger partial charge in [-0.25, -0.2) is 8.42 Å². The van der Waals surface area contributed by atoms with Gasteiger partial charge in [-0.05, 0) is 89.1 Å². The Kier molecular flexibility index (Phi) is 7.59. The molecule has 1 aromatic carbocycles. The van der Waals surface area contributed by atoms with Crippen molar-refractivity contribution in [1.29, 1.82) is 5.26 Å². The van der Waals surface area contributed by atoms with E-state index in [1.807, 2.05) is 31.5 Å². The van der Waals surface area contributed by atoms with E-state index < -0.39 is 15.6 Å². The van der Waals surface area contributed by atoms with Crippen molar-refractivity contribution in [3.05, 3.63) is 46.4 Å². The standard InChI is InChI=1S/C31H38N6O5S/c1-31(2,3)42-30(39)19-8-11-23(12-9-19)36-18-21-16-22(10-13-26(21)43(36,40)41)34-28-27-25(14-15-33-29(27)38)37(35-28)24-7-5-4-6-20(24)17-32/h10,13-16,19-20,23-24H,4-9,11-12,18H2,1-3H3,(H,33,38)(H,34,35)/t19-,20-,23-,24+/m1/s1. The van der Waals surface area contributed by atoms with E-state index in [1.54, 1.807) is 28.7 Å². The summed E-state index contributed by atoms with van der Waals surface area (Å²) in [7, 11) is -3.68. The molecule has 11 nitrogen and oxygen atoms in total. The minimum Gasteiger partial charge on any atom is -0.460 e. The largest absolute Gasteiger partial charge is 0.460 e. The SMILES string of the molecule is CC(C)(C)OC(=O)[C@H]1CC[C@H](N2Cc3cc(Nc4nn([C@H]5CCCC[C@@H]5C#N)c5cc[nH]c(=O)c45)ccc3S2(=O)=O)CC1. The Morgan fingerprint density at radius 3 is 2.58 bits per heavy atom. The molecule has 0 bridgehead atoms. The second-order valence-corrected chi connectivity index (χ2v) is 14.8. The number of anilines is 2. The van der Waals surface area contributed by atoms with Gasteiger partial charge in [-0.15, -0.1) is 0 Å². The van der Waals surface area contributed by atoms with E-state index in [1.165, 1.54) is 0 Å². The molecule has 0 saturated heterocycles. The zero-order chi connectivity index (χ0) is 30.5. The number of nitrogens with one attached hydrogen (secondary N) is 2. The number of ether oxygens (including phenoxy) is 1. The number of aromatic nitrogens is 3. The molecule has 2 aliphatic carbocycles. The number of H-pyrrole nitrogens is 1. The number of sulfonamides is 1. The Morgan fingerprint density at radius 2 is 1.86 bits per heavy atom. The molecule has 3 aromatic rings. The Bertz CT molecular complexity index is 1760. The fourth-order valence-electron chi connectivity index (χ4n) is 6.85. The zero-order valence-corrected chi connectivity index (χ0v) is 25.6. The van der Waals surface area contributed by atoms with Crippen molar-refractivity contribution < 1.29 is 17.9 Å². The second-order valence-electron chi connectivity index (χ2n) is 13.0. The predicted octanol–water partition coefficient (Wildman–Crippen LogP) is 5.13. The van der Waals surface area contributed by atoms with Crippen LogP contribution in [0.25, 0.3) is 10.9 Å². The molecular formula is C31H38N6O5S. The number of pyridine rings is 1. The lowest BCUT2D eigenvalue weighted by Gasteiger charge is -2.33. The van der Waals surface area contributed by atoms with Crippen LogP contribution in [-0.2, 0) is 26.1 Å². The first-order chi connectivity index (χ1) is 20.5. The third-order valence-electron chi connectivity index (χ3n) is 8.92. The third kappa shape index (κ3) is 5.56. The van der Waals surface area contributed by atoms with E-state index in [2.05, 4.69) is 16.4 Å². The van der Waals surface area contributed by atoms with Gasteiger partial charge < -0.3 is 15.0 Å². The number of nitriles is 1. The summed E-state index contributed by atoms with van der Waals surface area (Å²) in [4.78, 5) is 28.5. The Balaban J connectivity index is 1.22. The summed E-state index contributed by atoms with van der Waals surface area (Å²) >= 11 is 0. The van der Waals surface area contributed by atoms with Gasteiger partial charge in [-0.1, -0.05) is 12.8 Å². The Labute approximate surface area is 251 Å². The molecule has 2 aromatic heterocycles. The predicted molar refractivity (Wildman–Crippen MR) is 161 cm³/mol. The van der Waals surface area contributed by atoms with Crippen LogP contribution in [0.1, 0.15) is 83.7 Å². The quantitative estimate of drug-likeness (QED) is 0.380. The van der Waals surface area contributed by atoms with Crippen LogP contribution in [0.4, 0.5) is 11.5 Å². The van der Waals surface area contributed by atoms with Crippen molar-refractivity contribution in [3.8, 4) is 6.07 Å². The van der Waals surface area contributed by atoms with Crippen LogP contribution in [0.3, 0.4) is 0 Å². The van der Waals surface area contributed by atoms with Crippen LogP contribution in [0.2, 0.25) is 0 Å². The number of hydrogen-bond donors (Lipinski definition) is 2. The van der Waals surface area contributed by atoms with E-state index >= 15 is 0 Å². The van der Waals surface area contributed by atoms with Crippen LogP contribution >= 0.6 is 0 Å². The highest BCUT2D eigenvalue weighted by Crippen LogP contribution is 2.40. The number of aromatic amines is 1. The summed E-state index contributed by atoms with van der Waals surface area (Å²) in [6.07, 6.45) is 7.57. The van der Waals surface area contributed by atoms with Crippen molar-refractivity contribution >= 4 is 38.4 Å². The molecule has 0 spiro atoms. The molecule has 3 aliphatic rings. The van der Waals surface area contributed by atoms with Gasteiger partial charge in [0.1, 0.15) is 11.0 Å². The van der Waals surface area contributed by atoms with E-state index in [0.717, 1.165) is 25.7 Å². The van der Waals surface area contributed by atoms with Gasteiger partial charge in [0.2, 0.25) is 10.0 Å². The van der Waals surface area contributed by atoms with E-state index in [0.29, 0.717) is 53.7 Å². The van der Waals surface area contributed by atoms with Crippen LogP contribution in [0.5, 0.6) is 0 Å². The average Bonchev–Trinajstić information content (AvgIpc) is 3.46. The summed E-state index contributed by atoms with van der Waals surface area (Å²) < 4.78 is 36.0. The molecule has 2 saturated carbocycles. The van der Waals surface area contributed by atoms with Crippen LogP contribution in [0.15, 0.2) is 40.2 Å². The zero-order valence-electron chi connectivity index (χ0n) is 24.8. The first-order valence-electron chi connectivity index (χ1n) is 15.1. The fourth-order valence-corrected chi connectivity index (χ4v) is 8.71. The number of carbonyl (C=O) groups is 1. The van der Waals surface area contributed by atoms with Gasteiger partial charge >= 0.3 is 5.97 Å². The first kappa shape index (κ1) is 29.4. The summed E-state index contributed by atoms with van der Waals surface area (Å²) in [5.41, 5.74) is 1.13. The number of nitrogens with zero attached hydrogens (tertiary/aromatic N) is 4. The smallest absolute Gasteiger partial charge is 0.309 e. The van der Waals surface area contributed by atoms with Crippen LogP contribution in [0, 0.1) is 23.2 Å². The van der Waals surface area contributed by atoms with Crippen molar-refractivity contribution in [1.82, 2.24) is 19.1 Å². The topological polar surface area (TPSA) is 150 Å². The fraction of sp³-hybridized carbons (Fsp3) is 0.548. The van der Waals surface area contributed by atoms with Crippen molar-refractivity contribution in [2.45, 2.75) is 101 Å². The van der Waals surface area contributed by atoms with Crippen LogP contribution < -0.4 is 10.9 Å². The summed E-state index contributed by atoms with van der Waals surface area (Å²) in [5.74, 6) is -0.236. The van der Waals surface area contributed by atoms with Crippen molar-refractivity contribution in [2.75, 3.05) is 5.32 Å². The average molecular weight is 607 g/mol. The Morgan fingerprint density at radius 1 is 1.12 bits per heavy atom. The number of benzene rings is 1. The second kappa shape index (κ2) is 11.1. The highest BCUT2D eigenvalue weighted by molar-refractivity contribution is 7.89. The van der Waals surface area contributed by atoms with Crippen molar-refractivity contribution in [2.24, 2.45) is 11.8 Å². The lowest BCUT2D eigenvalue weighted by molar-refractivity contribution is -0.161. The maximum absolute atomic E-state index is 13.5. The summed E-state index contributed by atoms with van der Waals surface area (Å²) in [6, 6.07) is 9.03. The monoisotopic (exact) mass is 606 g/mol. The number of carbonyl (C=O) groups excluding carboxylic acids is 1. The molecule has 12 heteroatoms. The molecule has 3 heterocycles. The Hall–Kier alpha value is -3.69. The summed E-state index contributed by atoms with van der Waals surface area (Å²) in [6.45, 7) is 5.79. The van der Waals surface area contributed by atoms with Gasteiger partial charge in [0, 0.05) is 24.5 Å². The van der Waals surface area contributed by atoms with E-state index in [9.17, 15) is 23.3 Å². The van der Waals surface area contributed by atoms with Gasteiger partial charge in [-0.3, -0.25) is 14.3 Å². The third-order valence-corrected chi connectivity index (χ3v) is 10.9. The number of rotatable bonds is 5. The molecule has 2 fully saturated rings. The lowest BCUT2D eigenvalue weighted by atomic mass is 9.85. The molecule has 2 N–H and O–H groups in total. The highest BCUT2D eigenvalue weighted by atomic mass is 32.2. The maximum atomic E-state index is 13.5. The number of fused-ring (bicyclic) bond motifs is 2. The molecule has 0 radical (unpaired) electrons. The van der Waals surface area contributed by atoms with E-state index in [4.69, 9.17) is 9.84 Å². The normalized spacial score (nSPS) is 25.6. The van der Waals surface area contributed by atoms with Crippen LogP contribution in [-0.4, -0.2) is 45.1 Å². The minimum absolute atomic E-state index is 0.122. The number of esters is 1.